The Balaban J connectivity index is 0.00000256. The van der Waals surface area contributed by atoms with Crippen molar-refractivity contribution in [1.29, 1.82) is 0 Å². The van der Waals surface area contributed by atoms with Gasteiger partial charge >= 0.3 is 6.18 Å². The second-order valence-corrected chi connectivity index (χ2v) is 3.06. The first kappa shape index (κ1) is 16.1. The fourth-order valence-corrected chi connectivity index (χ4v) is 1.25. The Bertz CT molecular complexity index is 378. The van der Waals surface area contributed by atoms with Gasteiger partial charge < -0.3 is 5.73 Å². The summed E-state index contributed by atoms with van der Waals surface area (Å²) in [5, 5.41) is 0. The predicted molar refractivity (Wildman–Crippen MR) is 51.6 cm³/mol. The minimum atomic E-state index is -4.91. The molecule has 1 aromatic rings. The smallest absolute Gasteiger partial charge is 0.319 e. The van der Waals surface area contributed by atoms with Crippen molar-refractivity contribution in [2.24, 2.45) is 5.73 Å². The molecule has 0 amide bonds. The van der Waals surface area contributed by atoms with Crippen LogP contribution >= 0.6 is 12.4 Å². The van der Waals surface area contributed by atoms with Gasteiger partial charge in [-0.3, -0.25) is 0 Å². The predicted octanol–water partition coefficient (Wildman–Crippen LogP) is 3.53. The van der Waals surface area contributed by atoms with Crippen molar-refractivity contribution in [2.75, 3.05) is 0 Å². The van der Waals surface area contributed by atoms with E-state index in [1.54, 1.807) is 0 Å². The largest absolute Gasteiger partial charge is 0.416 e. The third-order valence-corrected chi connectivity index (χ3v) is 1.96. The Morgan fingerprint density at radius 2 is 1.65 bits per heavy atom. The lowest BCUT2D eigenvalue weighted by atomic mass is 10.00. The molecular weight excluding hydrogens is 272 g/mol. The molecule has 0 spiro atoms. The van der Waals surface area contributed by atoms with Crippen molar-refractivity contribution in [1.82, 2.24) is 0 Å². The lowest BCUT2D eigenvalue weighted by Gasteiger charge is -2.18. The van der Waals surface area contributed by atoms with Crippen molar-refractivity contribution >= 4 is 12.4 Å². The van der Waals surface area contributed by atoms with Crippen molar-refractivity contribution in [2.45, 2.75) is 18.6 Å². The molecule has 0 unspecified atom stereocenters. The van der Waals surface area contributed by atoms with E-state index in [0.717, 1.165) is 6.07 Å². The van der Waals surface area contributed by atoms with Gasteiger partial charge in [-0.1, -0.05) is 6.07 Å². The maximum absolute atomic E-state index is 13.1. The first-order valence-electron chi connectivity index (χ1n) is 4.14. The van der Waals surface area contributed by atoms with E-state index in [2.05, 4.69) is 0 Å². The molecule has 0 aromatic heterocycles. The van der Waals surface area contributed by atoms with Gasteiger partial charge in [-0.25, -0.2) is 13.2 Å². The summed E-state index contributed by atoms with van der Waals surface area (Å²) in [6, 6.07) is -0.328. The molecule has 0 aliphatic carbocycles. The second-order valence-electron chi connectivity index (χ2n) is 3.06. The van der Waals surface area contributed by atoms with E-state index in [9.17, 15) is 26.3 Å². The maximum Gasteiger partial charge on any atom is 0.416 e. The zero-order valence-corrected chi connectivity index (χ0v) is 8.96. The summed E-state index contributed by atoms with van der Waals surface area (Å²) in [5.41, 5.74) is 2.17. The first-order valence-corrected chi connectivity index (χ1v) is 4.14. The summed E-state index contributed by atoms with van der Waals surface area (Å²) in [6.07, 6.45) is -8.18. The van der Waals surface area contributed by atoms with Crippen LogP contribution in [0.5, 0.6) is 0 Å². The highest BCUT2D eigenvalue weighted by Crippen LogP contribution is 2.36. The van der Waals surface area contributed by atoms with Crippen LogP contribution in [0.25, 0.3) is 0 Å². The third-order valence-electron chi connectivity index (χ3n) is 1.96. The number of hydrogen-bond acceptors (Lipinski definition) is 1. The van der Waals surface area contributed by atoms with Crippen LogP contribution in [0.1, 0.15) is 17.2 Å². The van der Waals surface area contributed by atoms with Crippen LogP contribution in [0, 0.1) is 5.82 Å². The van der Waals surface area contributed by atoms with Gasteiger partial charge in [-0.15, -0.1) is 12.4 Å². The number of alkyl halides is 5. The van der Waals surface area contributed by atoms with Crippen molar-refractivity contribution < 1.29 is 26.3 Å². The summed E-state index contributed by atoms with van der Waals surface area (Å²) in [7, 11) is 0. The molecule has 1 nitrogen and oxygen atoms in total. The van der Waals surface area contributed by atoms with Crippen LogP contribution < -0.4 is 5.73 Å². The molecule has 0 aliphatic heterocycles. The van der Waals surface area contributed by atoms with E-state index in [0.29, 0.717) is 12.1 Å². The van der Waals surface area contributed by atoms with E-state index in [-0.39, 0.29) is 12.4 Å². The Morgan fingerprint density at radius 3 is 2.06 bits per heavy atom. The van der Waals surface area contributed by atoms with Crippen LogP contribution in [0.3, 0.4) is 0 Å². The molecule has 8 heteroatoms. The lowest BCUT2D eigenvalue weighted by molar-refractivity contribution is -0.138. The van der Waals surface area contributed by atoms with Crippen molar-refractivity contribution in [3.05, 3.63) is 35.1 Å². The molecule has 0 bridgehead atoms. The fourth-order valence-electron chi connectivity index (χ4n) is 1.25. The molecule has 0 radical (unpaired) electrons. The highest BCUT2D eigenvalue weighted by molar-refractivity contribution is 5.85. The fraction of sp³-hybridized carbons (Fsp3) is 0.333. The van der Waals surface area contributed by atoms with Crippen LogP contribution in [-0.2, 0) is 6.18 Å². The van der Waals surface area contributed by atoms with Crippen LogP contribution in [-0.4, -0.2) is 6.43 Å². The molecule has 0 fully saturated rings. The Hall–Kier alpha value is -0.950. The molecular formula is C9H8ClF6N. The summed E-state index contributed by atoms with van der Waals surface area (Å²) in [5.74, 6) is -1.39. The molecule has 98 valence electrons. The molecule has 0 aliphatic rings. The van der Waals surface area contributed by atoms with E-state index in [1.807, 2.05) is 0 Å². The average molecular weight is 280 g/mol. The minimum absolute atomic E-state index is 0. The Kier molecular flexibility index (Phi) is 5.28. The maximum atomic E-state index is 13.1. The zero-order chi connectivity index (χ0) is 12.5. The Labute approximate surface area is 99.0 Å². The summed E-state index contributed by atoms with van der Waals surface area (Å²) < 4.78 is 74.6. The van der Waals surface area contributed by atoms with Crippen LogP contribution in [0.2, 0.25) is 0 Å². The number of benzene rings is 1. The van der Waals surface area contributed by atoms with Gasteiger partial charge in [0.15, 0.2) is 0 Å². The standard InChI is InChI=1S/C9H7F6N.ClH/c10-5-3-1-2-4(9(13,14)15)6(5)7(16)8(11)12;/h1-3,7-8H,16H2;1H/t7-;/m1./s1. The molecule has 1 rings (SSSR count). The van der Waals surface area contributed by atoms with E-state index in [4.69, 9.17) is 5.73 Å². The van der Waals surface area contributed by atoms with E-state index in [1.165, 1.54) is 0 Å². The Morgan fingerprint density at radius 1 is 1.12 bits per heavy atom. The lowest BCUT2D eigenvalue weighted by Crippen LogP contribution is -2.24. The molecule has 1 aromatic carbocycles. The van der Waals surface area contributed by atoms with Gasteiger partial charge in [-0.2, -0.15) is 13.2 Å². The molecule has 0 saturated heterocycles. The van der Waals surface area contributed by atoms with E-state index < -0.39 is 35.6 Å². The van der Waals surface area contributed by atoms with Crippen molar-refractivity contribution in [3.8, 4) is 0 Å². The average Bonchev–Trinajstić information content (AvgIpc) is 2.14. The molecule has 2 N–H and O–H groups in total. The molecule has 0 heterocycles. The van der Waals surface area contributed by atoms with Crippen LogP contribution in [0.15, 0.2) is 18.2 Å². The highest BCUT2D eigenvalue weighted by Gasteiger charge is 2.37. The monoisotopic (exact) mass is 279 g/mol. The SMILES string of the molecule is Cl.N[C@H](c1c(F)cccc1C(F)(F)F)C(F)F. The highest BCUT2D eigenvalue weighted by atomic mass is 35.5. The van der Waals surface area contributed by atoms with Gasteiger partial charge in [0.1, 0.15) is 5.82 Å². The van der Waals surface area contributed by atoms with Gasteiger partial charge in [0.25, 0.3) is 6.43 Å². The van der Waals surface area contributed by atoms with Gasteiger partial charge in [0, 0.05) is 5.56 Å². The zero-order valence-electron chi connectivity index (χ0n) is 8.14. The second kappa shape index (κ2) is 5.59. The molecule has 17 heavy (non-hydrogen) atoms. The number of rotatable bonds is 2. The summed E-state index contributed by atoms with van der Waals surface area (Å²) >= 11 is 0. The van der Waals surface area contributed by atoms with Gasteiger partial charge in [0.2, 0.25) is 0 Å². The van der Waals surface area contributed by atoms with Gasteiger partial charge in [-0.05, 0) is 12.1 Å². The molecule has 1 atom stereocenters. The normalized spacial score (nSPS) is 13.4. The summed E-state index contributed by atoms with van der Waals surface area (Å²) in [6.45, 7) is 0. The quantitative estimate of drug-likeness (QED) is 0.824. The van der Waals surface area contributed by atoms with Gasteiger partial charge in [0.05, 0.1) is 11.6 Å². The summed E-state index contributed by atoms with van der Waals surface area (Å²) in [4.78, 5) is 0. The molecule has 0 saturated carbocycles. The van der Waals surface area contributed by atoms with Crippen molar-refractivity contribution in [3.63, 3.8) is 0 Å². The third kappa shape index (κ3) is 3.50. The topological polar surface area (TPSA) is 26.0 Å². The number of nitrogens with two attached hydrogens (primary N) is 1. The van der Waals surface area contributed by atoms with Crippen LogP contribution in [0.4, 0.5) is 26.3 Å². The number of halogens is 7. The first-order chi connectivity index (χ1) is 7.25. The van der Waals surface area contributed by atoms with E-state index >= 15 is 0 Å². The number of hydrogen-bond donors (Lipinski definition) is 1. The minimum Gasteiger partial charge on any atom is -0.319 e.